The van der Waals surface area contributed by atoms with E-state index >= 15 is 0 Å². The second-order valence-corrected chi connectivity index (χ2v) is 4.25. The molecule has 2 aromatic carbocycles. The van der Waals surface area contributed by atoms with Crippen LogP contribution < -0.4 is 0 Å². The number of benzene rings is 2. The topological polar surface area (TPSA) is 112 Å². The van der Waals surface area contributed by atoms with Gasteiger partial charge in [-0.1, -0.05) is 12.1 Å². The minimum Gasteiger partial charge on any atom is -0.507 e. The Morgan fingerprint density at radius 3 is 1.67 bits per heavy atom. The molecule has 0 aliphatic carbocycles. The van der Waals surface area contributed by atoms with Gasteiger partial charge in [0.15, 0.2) is 5.78 Å². The quantitative estimate of drug-likeness (QED) is 0.741. The molecule has 0 aromatic heterocycles. The van der Waals surface area contributed by atoms with Crippen molar-refractivity contribution in [1.82, 2.24) is 0 Å². The highest BCUT2D eigenvalue weighted by molar-refractivity contribution is 6.11. The average Bonchev–Trinajstić information content (AvgIpc) is 2.46. The summed E-state index contributed by atoms with van der Waals surface area (Å²) in [6.45, 7) is 0. The van der Waals surface area contributed by atoms with Crippen LogP contribution in [0.15, 0.2) is 42.5 Å². The number of phenols is 1. The van der Waals surface area contributed by atoms with Gasteiger partial charge in [0.25, 0.3) is 0 Å². The normalized spacial score (nSPS) is 10.1. The van der Waals surface area contributed by atoms with Crippen LogP contribution in [0, 0.1) is 0 Å². The van der Waals surface area contributed by atoms with E-state index in [2.05, 4.69) is 0 Å². The Morgan fingerprint density at radius 1 is 0.714 bits per heavy atom. The number of rotatable bonds is 4. The van der Waals surface area contributed by atoms with Crippen LogP contribution >= 0.6 is 0 Å². The molecule has 0 aliphatic heterocycles. The summed E-state index contributed by atoms with van der Waals surface area (Å²) in [5.74, 6) is -3.29. The lowest BCUT2D eigenvalue weighted by Crippen LogP contribution is -2.04. The van der Waals surface area contributed by atoms with Gasteiger partial charge in [0, 0.05) is 5.56 Å². The predicted molar refractivity (Wildman–Crippen MR) is 71.9 cm³/mol. The van der Waals surface area contributed by atoms with Crippen LogP contribution in [-0.4, -0.2) is 33.0 Å². The number of aromatic carboxylic acids is 2. The molecule has 3 N–H and O–H groups in total. The van der Waals surface area contributed by atoms with Gasteiger partial charge in [-0.05, 0) is 30.3 Å². The molecule has 0 radical (unpaired) electrons. The molecule has 0 fully saturated rings. The van der Waals surface area contributed by atoms with Crippen molar-refractivity contribution in [1.29, 1.82) is 0 Å². The van der Waals surface area contributed by atoms with Crippen molar-refractivity contribution < 1.29 is 29.7 Å². The predicted octanol–water partition coefficient (Wildman–Crippen LogP) is 2.02. The fourth-order valence-corrected chi connectivity index (χ4v) is 1.78. The SMILES string of the molecule is O=C(O)c1ccc(C(=O)c2ccc(C(=O)O)cc2O)cc1. The monoisotopic (exact) mass is 286 g/mol. The Kier molecular flexibility index (Phi) is 3.71. The maximum Gasteiger partial charge on any atom is 0.335 e. The Bertz CT molecular complexity index is 730. The number of carbonyl (C=O) groups excluding carboxylic acids is 1. The first kappa shape index (κ1) is 14.3. The summed E-state index contributed by atoms with van der Waals surface area (Å²) in [6, 6.07) is 8.62. The molecule has 0 aliphatic rings. The van der Waals surface area contributed by atoms with E-state index in [0.717, 1.165) is 6.07 Å². The summed E-state index contributed by atoms with van der Waals surface area (Å²) in [5.41, 5.74) is 0.0451. The number of carboxylic acid groups (broad SMARTS) is 2. The van der Waals surface area contributed by atoms with Crippen molar-refractivity contribution in [2.24, 2.45) is 0 Å². The molecule has 2 rings (SSSR count). The molecule has 0 spiro atoms. The Morgan fingerprint density at radius 2 is 1.19 bits per heavy atom. The first-order valence-electron chi connectivity index (χ1n) is 5.84. The van der Waals surface area contributed by atoms with Crippen molar-refractivity contribution in [2.75, 3.05) is 0 Å². The van der Waals surface area contributed by atoms with Gasteiger partial charge in [-0.2, -0.15) is 0 Å². The zero-order chi connectivity index (χ0) is 15.6. The molecule has 0 saturated heterocycles. The van der Waals surface area contributed by atoms with Gasteiger partial charge in [-0.3, -0.25) is 4.79 Å². The largest absolute Gasteiger partial charge is 0.507 e. The van der Waals surface area contributed by atoms with Crippen LogP contribution in [0.5, 0.6) is 5.75 Å². The molecule has 21 heavy (non-hydrogen) atoms. The van der Waals surface area contributed by atoms with E-state index in [1.54, 1.807) is 0 Å². The van der Waals surface area contributed by atoms with E-state index in [-0.39, 0.29) is 22.3 Å². The van der Waals surface area contributed by atoms with E-state index in [9.17, 15) is 19.5 Å². The number of carboxylic acids is 2. The minimum atomic E-state index is -1.21. The molecule has 0 bridgehead atoms. The molecule has 2 aromatic rings. The number of ketones is 1. The molecule has 0 atom stereocenters. The molecule has 0 unspecified atom stereocenters. The highest BCUT2D eigenvalue weighted by Gasteiger charge is 2.16. The molecular weight excluding hydrogens is 276 g/mol. The van der Waals surface area contributed by atoms with Crippen LogP contribution in [-0.2, 0) is 0 Å². The third-order valence-corrected chi connectivity index (χ3v) is 2.88. The zero-order valence-electron chi connectivity index (χ0n) is 10.6. The van der Waals surface area contributed by atoms with E-state index in [1.807, 2.05) is 0 Å². The third kappa shape index (κ3) is 2.89. The van der Waals surface area contributed by atoms with Crippen molar-refractivity contribution >= 4 is 17.7 Å². The molecule has 6 nitrogen and oxygen atoms in total. The van der Waals surface area contributed by atoms with Crippen LogP contribution in [0.3, 0.4) is 0 Å². The summed E-state index contributed by atoms with van der Waals surface area (Å²) >= 11 is 0. The maximum atomic E-state index is 12.2. The second-order valence-electron chi connectivity index (χ2n) is 4.25. The lowest BCUT2D eigenvalue weighted by Gasteiger charge is -2.05. The summed E-state index contributed by atoms with van der Waals surface area (Å²) in [5, 5.41) is 27.3. The van der Waals surface area contributed by atoms with Crippen LogP contribution in [0.4, 0.5) is 0 Å². The van der Waals surface area contributed by atoms with Gasteiger partial charge in [0.1, 0.15) is 5.75 Å². The molecule has 0 heterocycles. The average molecular weight is 286 g/mol. The number of hydrogen-bond acceptors (Lipinski definition) is 4. The van der Waals surface area contributed by atoms with Crippen LogP contribution in [0.1, 0.15) is 36.6 Å². The second kappa shape index (κ2) is 5.46. The summed E-state index contributed by atoms with van der Waals surface area (Å²) < 4.78 is 0. The summed E-state index contributed by atoms with van der Waals surface area (Å²) in [7, 11) is 0. The van der Waals surface area contributed by atoms with E-state index in [1.165, 1.54) is 36.4 Å². The molecule has 106 valence electrons. The van der Waals surface area contributed by atoms with Gasteiger partial charge < -0.3 is 15.3 Å². The van der Waals surface area contributed by atoms with E-state index < -0.39 is 23.5 Å². The van der Waals surface area contributed by atoms with Crippen molar-refractivity contribution in [2.45, 2.75) is 0 Å². The fraction of sp³-hybridized carbons (Fsp3) is 0. The van der Waals surface area contributed by atoms with E-state index in [0.29, 0.717) is 0 Å². The smallest absolute Gasteiger partial charge is 0.335 e. The zero-order valence-corrected chi connectivity index (χ0v) is 10.6. The lowest BCUT2D eigenvalue weighted by molar-refractivity contribution is 0.0686. The highest BCUT2D eigenvalue weighted by Crippen LogP contribution is 2.22. The minimum absolute atomic E-state index is 0.0389. The van der Waals surface area contributed by atoms with Crippen molar-refractivity contribution in [3.63, 3.8) is 0 Å². The number of phenolic OH excluding ortho intramolecular Hbond substituents is 1. The third-order valence-electron chi connectivity index (χ3n) is 2.88. The Labute approximate surface area is 118 Å². The maximum absolute atomic E-state index is 12.2. The van der Waals surface area contributed by atoms with Gasteiger partial charge in [-0.15, -0.1) is 0 Å². The Balaban J connectivity index is 2.35. The van der Waals surface area contributed by atoms with Gasteiger partial charge in [-0.25, -0.2) is 9.59 Å². The molecular formula is C15H10O6. The van der Waals surface area contributed by atoms with Crippen molar-refractivity contribution in [3.8, 4) is 5.75 Å². The standard InChI is InChI=1S/C15H10O6/c16-12-7-10(15(20)21)5-6-11(12)13(17)8-1-3-9(4-2-8)14(18)19/h1-7,16H,(H,18,19)(H,20,21). The van der Waals surface area contributed by atoms with Gasteiger partial charge in [0.2, 0.25) is 0 Å². The van der Waals surface area contributed by atoms with Crippen LogP contribution in [0.25, 0.3) is 0 Å². The summed E-state index contributed by atoms with van der Waals surface area (Å²) in [4.78, 5) is 33.7. The summed E-state index contributed by atoms with van der Waals surface area (Å²) in [6.07, 6.45) is 0. The van der Waals surface area contributed by atoms with Gasteiger partial charge >= 0.3 is 11.9 Å². The first-order chi connectivity index (χ1) is 9.90. The van der Waals surface area contributed by atoms with Crippen LogP contribution in [0.2, 0.25) is 0 Å². The molecule has 0 saturated carbocycles. The van der Waals surface area contributed by atoms with Crippen molar-refractivity contribution in [3.05, 3.63) is 64.7 Å². The number of carbonyl (C=O) groups is 3. The highest BCUT2D eigenvalue weighted by atomic mass is 16.4. The number of aromatic hydroxyl groups is 1. The fourth-order valence-electron chi connectivity index (χ4n) is 1.78. The number of hydrogen-bond donors (Lipinski definition) is 3. The first-order valence-corrected chi connectivity index (χ1v) is 5.84. The van der Waals surface area contributed by atoms with Gasteiger partial charge in [0.05, 0.1) is 16.7 Å². The lowest BCUT2D eigenvalue weighted by atomic mass is 10.00. The van der Waals surface area contributed by atoms with E-state index in [4.69, 9.17) is 10.2 Å². The molecule has 6 heteroatoms. The Hall–Kier alpha value is -3.15. The molecule has 0 amide bonds.